The molecule has 15 heavy (non-hydrogen) atoms. The summed E-state index contributed by atoms with van der Waals surface area (Å²) in [6.07, 6.45) is 0.143. The molecule has 78 valence electrons. The first-order valence-corrected chi connectivity index (χ1v) is 4.76. The average molecular weight is 205 g/mol. The number of aliphatic hydroxyl groups excluding tert-OH is 1. The molecule has 2 rings (SSSR count). The molecule has 1 aromatic rings. The molecule has 0 unspecified atom stereocenters. The van der Waals surface area contributed by atoms with Crippen LogP contribution in [0, 0.1) is 0 Å². The van der Waals surface area contributed by atoms with E-state index in [0.29, 0.717) is 6.61 Å². The number of aliphatic hydroxyl groups is 1. The van der Waals surface area contributed by atoms with Crippen LogP contribution in [-0.2, 0) is 6.42 Å². The molecule has 0 radical (unpaired) electrons. The van der Waals surface area contributed by atoms with E-state index in [9.17, 15) is 5.11 Å². The van der Waals surface area contributed by atoms with Gasteiger partial charge in [-0.3, -0.25) is 0 Å². The van der Waals surface area contributed by atoms with Gasteiger partial charge in [-0.1, -0.05) is 11.2 Å². The molecule has 0 amide bonds. The lowest BCUT2D eigenvalue weighted by molar-refractivity contribution is 0.186. The largest absolute Gasteiger partial charge is 0.493 e. The van der Waals surface area contributed by atoms with Crippen molar-refractivity contribution in [3.05, 3.63) is 39.8 Å². The fraction of sp³-hybridized carbons (Fsp3) is 0.400. The number of hydrogen-bond donors (Lipinski definition) is 1. The van der Waals surface area contributed by atoms with E-state index >= 15 is 0 Å². The molecule has 1 aliphatic heterocycles. The molecule has 0 saturated heterocycles. The molecule has 1 heterocycles. The van der Waals surface area contributed by atoms with Crippen molar-refractivity contribution < 1.29 is 9.84 Å². The van der Waals surface area contributed by atoms with Crippen molar-refractivity contribution >= 4 is 0 Å². The van der Waals surface area contributed by atoms with E-state index in [4.69, 9.17) is 10.3 Å². The fourth-order valence-corrected chi connectivity index (χ4v) is 1.63. The van der Waals surface area contributed by atoms with E-state index in [1.165, 1.54) is 0 Å². The van der Waals surface area contributed by atoms with E-state index in [1.54, 1.807) is 6.07 Å². The molecule has 1 atom stereocenters. The van der Waals surface area contributed by atoms with E-state index < -0.39 is 6.10 Å². The van der Waals surface area contributed by atoms with Gasteiger partial charge < -0.3 is 9.84 Å². The van der Waals surface area contributed by atoms with Crippen molar-refractivity contribution in [3.8, 4) is 5.75 Å². The maximum Gasteiger partial charge on any atom is 0.122 e. The van der Waals surface area contributed by atoms with Crippen LogP contribution in [-0.4, -0.2) is 18.3 Å². The topological polar surface area (TPSA) is 78.2 Å². The third-order valence-electron chi connectivity index (χ3n) is 2.42. The molecular weight excluding hydrogens is 194 g/mol. The molecule has 1 N–H and O–H groups in total. The Morgan fingerprint density at radius 2 is 2.47 bits per heavy atom. The monoisotopic (exact) mass is 205 g/mol. The lowest BCUT2D eigenvalue weighted by Crippen LogP contribution is -2.01. The van der Waals surface area contributed by atoms with Gasteiger partial charge in [0, 0.05) is 11.3 Å². The van der Waals surface area contributed by atoms with Crippen LogP contribution in [0.25, 0.3) is 10.4 Å². The molecule has 5 heteroatoms. The summed E-state index contributed by atoms with van der Waals surface area (Å²) in [5.41, 5.74) is 10.0. The van der Waals surface area contributed by atoms with Crippen LogP contribution < -0.4 is 4.74 Å². The van der Waals surface area contributed by atoms with Gasteiger partial charge in [0.15, 0.2) is 0 Å². The van der Waals surface area contributed by atoms with E-state index in [0.717, 1.165) is 23.3 Å². The SMILES string of the molecule is [N-]=[N+]=NC[C@H](O)c1ccc2c(c1)CCO2. The predicted octanol–water partition coefficient (Wildman–Crippen LogP) is 1.97. The van der Waals surface area contributed by atoms with E-state index in [-0.39, 0.29) is 6.54 Å². The van der Waals surface area contributed by atoms with Crippen LogP contribution in [0.3, 0.4) is 0 Å². The van der Waals surface area contributed by atoms with Gasteiger partial charge in [0.1, 0.15) is 5.75 Å². The second-order valence-electron chi connectivity index (χ2n) is 3.39. The zero-order valence-corrected chi connectivity index (χ0v) is 8.13. The minimum Gasteiger partial charge on any atom is -0.493 e. The molecular formula is C10H11N3O2. The molecule has 1 aliphatic rings. The summed E-state index contributed by atoms with van der Waals surface area (Å²) in [6.45, 7) is 0.765. The Bertz CT molecular complexity index is 413. The zero-order valence-electron chi connectivity index (χ0n) is 8.13. The molecule has 0 bridgehead atoms. The number of hydrogen-bond acceptors (Lipinski definition) is 3. The fourth-order valence-electron chi connectivity index (χ4n) is 1.63. The number of rotatable bonds is 3. The summed E-state index contributed by atoms with van der Waals surface area (Å²) < 4.78 is 5.35. The minimum absolute atomic E-state index is 0.0656. The Balaban J connectivity index is 2.18. The maximum atomic E-state index is 9.68. The third kappa shape index (κ3) is 2.03. The number of azide groups is 1. The summed E-state index contributed by atoms with van der Waals surface area (Å²) in [7, 11) is 0. The van der Waals surface area contributed by atoms with Gasteiger partial charge >= 0.3 is 0 Å². The van der Waals surface area contributed by atoms with Gasteiger partial charge in [-0.05, 0) is 28.8 Å². The highest BCUT2D eigenvalue weighted by atomic mass is 16.5. The Labute approximate surface area is 86.9 Å². The third-order valence-corrected chi connectivity index (χ3v) is 2.42. The summed E-state index contributed by atoms with van der Waals surface area (Å²) in [4.78, 5) is 2.61. The molecule has 1 aromatic carbocycles. The predicted molar refractivity (Wildman–Crippen MR) is 54.6 cm³/mol. The minimum atomic E-state index is -0.730. The Kier molecular flexibility index (Phi) is 2.76. The second kappa shape index (κ2) is 4.21. The van der Waals surface area contributed by atoms with E-state index in [2.05, 4.69) is 10.0 Å². The standard InChI is InChI=1S/C10H11N3O2/c11-13-12-6-9(14)7-1-2-10-8(5-7)3-4-15-10/h1-2,5,9,14H,3-4,6H2/t9-/m0/s1. The molecule has 0 spiro atoms. The molecule has 5 nitrogen and oxygen atoms in total. The maximum absolute atomic E-state index is 9.68. The first kappa shape index (κ1) is 9.83. The first-order chi connectivity index (χ1) is 7.31. The number of fused-ring (bicyclic) bond motifs is 1. The van der Waals surface area contributed by atoms with Crippen LogP contribution >= 0.6 is 0 Å². The van der Waals surface area contributed by atoms with Crippen molar-refractivity contribution in [2.45, 2.75) is 12.5 Å². The van der Waals surface area contributed by atoms with Crippen molar-refractivity contribution in [1.82, 2.24) is 0 Å². The Hall–Kier alpha value is -1.71. The van der Waals surface area contributed by atoms with Crippen LogP contribution in [0.5, 0.6) is 5.75 Å². The van der Waals surface area contributed by atoms with Crippen molar-refractivity contribution in [2.75, 3.05) is 13.2 Å². The van der Waals surface area contributed by atoms with Crippen molar-refractivity contribution in [3.63, 3.8) is 0 Å². The lowest BCUT2D eigenvalue weighted by atomic mass is 10.0. The highest BCUT2D eigenvalue weighted by Gasteiger charge is 2.14. The van der Waals surface area contributed by atoms with Gasteiger partial charge in [-0.15, -0.1) is 0 Å². The Morgan fingerprint density at radius 3 is 3.27 bits per heavy atom. The molecule has 0 aliphatic carbocycles. The van der Waals surface area contributed by atoms with Gasteiger partial charge in [0.25, 0.3) is 0 Å². The van der Waals surface area contributed by atoms with Gasteiger partial charge in [0.05, 0.1) is 19.3 Å². The van der Waals surface area contributed by atoms with Crippen LogP contribution in [0.15, 0.2) is 23.3 Å². The van der Waals surface area contributed by atoms with Crippen molar-refractivity contribution in [1.29, 1.82) is 0 Å². The summed E-state index contributed by atoms with van der Waals surface area (Å²) in [5, 5.41) is 13.0. The molecule has 0 aromatic heterocycles. The molecule has 0 fully saturated rings. The highest BCUT2D eigenvalue weighted by molar-refractivity contribution is 5.40. The second-order valence-corrected chi connectivity index (χ2v) is 3.39. The number of nitrogens with zero attached hydrogens (tertiary/aromatic N) is 3. The quantitative estimate of drug-likeness (QED) is 0.465. The van der Waals surface area contributed by atoms with Gasteiger partial charge in [-0.25, -0.2) is 0 Å². The summed E-state index contributed by atoms with van der Waals surface area (Å²) in [6, 6.07) is 5.54. The van der Waals surface area contributed by atoms with Gasteiger partial charge in [0.2, 0.25) is 0 Å². The number of benzene rings is 1. The lowest BCUT2D eigenvalue weighted by Gasteiger charge is -2.08. The van der Waals surface area contributed by atoms with E-state index in [1.807, 2.05) is 12.1 Å². The van der Waals surface area contributed by atoms with Crippen LogP contribution in [0.1, 0.15) is 17.2 Å². The smallest absolute Gasteiger partial charge is 0.122 e. The summed E-state index contributed by atoms with van der Waals surface area (Å²) in [5.74, 6) is 0.884. The van der Waals surface area contributed by atoms with Crippen LogP contribution in [0.2, 0.25) is 0 Å². The summed E-state index contributed by atoms with van der Waals surface area (Å²) >= 11 is 0. The highest BCUT2D eigenvalue weighted by Crippen LogP contribution is 2.28. The first-order valence-electron chi connectivity index (χ1n) is 4.76. The van der Waals surface area contributed by atoms with Crippen molar-refractivity contribution in [2.24, 2.45) is 5.11 Å². The van der Waals surface area contributed by atoms with Gasteiger partial charge in [-0.2, -0.15) is 0 Å². The number of ether oxygens (including phenoxy) is 1. The normalized spacial score (nSPS) is 15.0. The Morgan fingerprint density at radius 1 is 1.60 bits per heavy atom. The van der Waals surface area contributed by atoms with Crippen LogP contribution in [0.4, 0.5) is 0 Å². The zero-order chi connectivity index (χ0) is 10.7. The molecule has 0 saturated carbocycles. The average Bonchev–Trinajstić information content (AvgIpc) is 2.72.